The smallest absolute Gasteiger partial charge is 0.235 e. The molecular formula is C16H24N4O2. The summed E-state index contributed by atoms with van der Waals surface area (Å²) in [6, 6.07) is 7.87. The van der Waals surface area contributed by atoms with Gasteiger partial charge in [-0.05, 0) is 26.0 Å². The van der Waals surface area contributed by atoms with Gasteiger partial charge in [0, 0.05) is 19.2 Å². The third kappa shape index (κ3) is 3.45. The Bertz CT molecular complexity index is 545. The number of nitrogens with two attached hydrogens (primary N) is 1. The second-order valence-corrected chi connectivity index (χ2v) is 5.27. The number of hydrogen-bond donors (Lipinski definition) is 2. The van der Waals surface area contributed by atoms with Crippen molar-refractivity contribution < 1.29 is 9.53 Å². The average molecular weight is 304 g/mol. The molecule has 0 saturated heterocycles. The van der Waals surface area contributed by atoms with Gasteiger partial charge in [-0.25, -0.2) is 0 Å². The second-order valence-electron chi connectivity index (χ2n) is 5.27. The van der Waals surface area contributed by atoms with E-state index in [-0.39, 0.29) is 11.8 Å². The molecule has 1 unspecified atom stereocenters. The van der Waals surface area contributed by atoms with Crippen LogP contribution in [0.15, 0.2) is 29.4 Å². The highest BCUT2D eigenvalue weighted by Gasteiger charge is 2.34. The van der Waals surface area contributed by atoms with Crippen LogP contribution < -0.4 is 16.1 Å². The second kappa shape index (κ2) is 7.91. The number of anilines is 1. The van der Waals surface area contributed by atoms with Gasteiger partial charge in [0.25, 0.3) is 0 Å². The van der Waals surface area contributed by atoms with Gasteiger partial charge in [0.2, 0.25) is 5.91 Å². The minimum Gasteiger partial charge on any atom is -0.383 e. The molecule has 0 radical (unpaired) electrons. The largest absolute Gasteiger partial charge is 0.383 e. The van der Waals surface area contributed by atoms with E-state index in [0.717, 1.165) is 23.4 Å². The number of nitrogens with one attached hydrogen (secondary N) is 1. The first-order valence-electron chi connectivity index (χ1n) is 7.61. The molecule has 6 heteroatoms. The Kier molecular flexibility index (Phi) is 5.91. The van der Waals surface area contributed by atoms with Crippen LogP contribution in [0.5, 0.6) is 0 Å². The summed E-state index contributed by atoms with van der Waals surface area (Å²) in [5.41, 5.74) is 11.2. The molecule has 1 aromatic rings. The van der Waals surface area contributed by atoms with Crippen LogP contribution in [0.3, 0.4) is 0 Å². The molecular weight excluding hydrogens is 280 g/mol. The van der Waals surface area contributed by atoms with Crippen molar-refractivity contribution in [3.63, 3.8) is 0 Å². The van der Waals surface area contributed by atoms with E-state index in [1.165, 1.54) is 0 Å². The highest BCUT2D eigenvalue weighted by molar-refractivity contribution is 6.23. The summed E-state index contributed by atoms with van der Waals surface area (Å²) in [4.78, 5) is 14.5. The van der Waals surface area contributed by atoms with Crippen LogP contribution in [-0.2, 0) is 9.53 Å². The summed E-state index contributed by atoms with van der Waals surface area (Å²) in [5.74, 6) is -0.206. The Balaban J connectivity index is 2.30. The maximum Gasteiger partial charge on any atom is 0.235 e. The molecule has 0 fully saturated rings. The summed E-state index contributed by atoms with van der Waals surface area (Å²) >= 11 is 0. The van der Waals surface area contributed by atoms with Crippen LogP contribution >= 0.6 is 0 Å². The zero-order valence-electron chi connectivity index (χ0n) is 13.2. The predicted molar refractivity (Wildman–Crippen MR) is 88.0 cm³/mol. The first kappa shape index (κ1) is 16.5. The molecule has 1 aliphatic heterocycles. The zero-order valence-corrected chi connectivity index (χ0v) is 13.2. The van der Waals surface area contributed by atoms with Crippen molar-refractivity contribution in [1.29, 1.82) is 0 Å². The summed E-state index contributed by atoms with van der Waals surface area (Å²) in [6.07, 6.45) is 0.783. The molecule has 0 saturated carbocycles. The Morgan fingerprint density at radius 1 is 1.41 bits per heavy atom. The molecule has 1 aliphatic rings. The summed E-state index contributed by atoms with van der Waals surface area (Å²) in [5, 5.41) is 4.42. The number of hydrogen-bond acceptors (Lipinski definition) is 5. The molecule has 0 aromatic heterocycles. The molecule has 1 amide bonds. The highest BCUT2D eigenvalue weighted by Crippen LogP contribution is 2.30. The van der Waals surface area contributed by atoms with Crippen LogP contribution in [0.25, 0.3) is 0 Å². The number of amides is 1. The van der Waals surface area contributed by atoms with Gasteiger partial charge in [-0.1, -0.05) is 18.2 Å². The number of ether oxygens (including phenoxy) is 1. The standard InChI is InChI=1S/C16H24N4O2/c1-12-15(19-18-9-11-22-2)13-6-3-4-7-14(13)20(16(12)21)10-5-8-17/h3-4,6-7,12,18H,5,8-11,17H2,1-2H3/b19-15+. The van der Waals surface area contributed by atoms with E-state index in [1.807, 2.05) is 36.1 Å². The number of carbonyl (C=O) groups excluding carboxylic acids is 1. The van der Waals surface area contributed by atoms with Gasteiger partial charge in [-0.15, -0.1) is 0 Å². The molecule has 0 bridgehead atoms. The molecule has 22 heavy (non-hydrogen) atoms. The molecule has 3 N–H and O–H groups in total. The minimum atomic E-state index is -0.275. The Hall–Kier alpha value is -1.92. The summed E-state index contributed by atoms with van der Waals surface area (Å²) in [7, 11) is 1.65. The molecule has 120 valence electrons. The van der Waals surface area contributed by atoms with E-state index in [1.54, 1.807) is 7.11 Å². The van der Waals surface area contributed by atoms with E-state index in [4.69, 9.17) is 10.5 Å². The predicted octanol–water partition coefficient (Wildman–Crippen LogP) is 0.958. The lowest BCUT2D eigenvalue weighted by atomic mass is 9.90. The number of methoxy groups -OCH3 is 1. The lowest BCUT2D eigenvalue weighted by Crippen LogP contribution is -2.45. The number of nitrogens with zero attached hydrogens (tertiary/aromatic N) is 2. The van der Waals surface area contributed by atoms with E-state index in [2.05, 4.69) is 10.5 Å². The molecule has 0 aliphatic carbocycles. The third-order valence-electron chi connectivity index (χ3n) is 3.72. The van der Waals surface area contributed by atoms with Crippen molar-refractivity contribution in [2.24, 2.45) is 16.8 Å². The van der Waals surface area contributed by atoms with Crippen LogP contribution in [0.1, 0.15) is 18.9 Å². The Morgan fingerprint density at radius 3 is 2.91 bits per heavy atom. The fourth-order valence-electron chi connectivity index (χ4n) is 2.55. The minimum absolute atomic E-state index is 0.0689. The monoisotopic (exact) mass is 304 g/mol. The van der Waals surface area contributed by atoms with Gasteiger partial charge in [0.15, 0.2) is 0 Å². The molecule has 1 heterocycles. The first-order chi connectivity index (χ1) is 10.7. The Morgan fingerprint density at radius 2 is 2.18 bits per heavy atom. The van der Waals surface area contributed by atoms with Gasteiger partial charge in [0.05, 0.1) is 30.5 Å². The highest BCUT2D eigenvalue weighted by atomic mass is 16.5. The van der Waals surface area contributed by atoms with Gasteiger partial charge in [-0.2, -0.15) is 5.10 Å². The van der Waals surface area contributed by atoms with Crippen LogP contribution in [-0.4, -0.2) is 45.0 Å². The van der Waals surface area contributed by atoms with E-state index in [0.29, 0.717) is 26.2 Å². The van der Waals surface area contributed by atoms with Crippen molar-refractivity contribution in [3.05, 3.63) is 29.8 Å². The van der Waals surface area contributed by atoms with Gasteiger partial charge >= 0.3 is 0 Å². The topological polar surface area (TPSA) is 79.9 Å². The van der Waals surface area contributed by atoms with Gasteiger partial charge in [0.1, 0.15) is 0 Å². The fourth-order valence-corrected chi connectivity index (χ4v) is 2.55. The van der Waals surface area contributed by atoms with Crippen LogP contribution in [0.2, 0.25) is 0 Å². The fraction of sp³-hybridized carbons (Fsp3) is 0.500. The number of rotatable bonds is 7. The lowest BCUT2D eigenvalue weighted by molar-refractivity contribution is -0.120. The lowest BCUT2D eigenvalue weighted by Gasteiger charge is -2.33. The SMILES string of the molecule is COCCN/N=C1/c2ccccc2N(CCCN)C(=O)C1C. The van der Waals surface area contributed by atoms with Crippen LogP contribution in [0, 0.1) is 5.92 Å². The van der Waals surface area contributed by atoms with E-state index in [9.17, 15) is 4.79 Å². The van der Waals surface area contributed by atoms with Crippen molar-refractivity contribution in [2.45, 2.75) is 13.3 Å². The molecule has 2 rings (SSSR count). The van der Waals surface area contributed by atoms with Crippen molar-refractivity contribution in [2.75, 3.05) is 38.3 Å². The number of para-hydroxylation sites is 1. The number of hydrazone groups is 1. The normalized spacial score (nSPS) is 19.4. The number of carbonyl (C=O) groups is 1. The van der Waals surface area contributed by atoms with Crippen molar-refractivity contribution >= 4 is 17.3 Å². The molecule has 0 spiro atoms. The quantitative estimate of drug-likeness (QED) is 0.581. The summed E-state index contributed by atoms with van der Waals surface area (Å²) in [6.45, 7) is 4.29. The number of benzene rings is 1. The van der Waals surface area contributed by atoms with Crippen LogP contribution in [0.4, 0.5) is 5.69 Å². The van der Waals surface area contributed by atoms with Gasteiger partial charge < -0.3 is 20.8 Å². The Labute approximate surface area is 131 Å². The molecule has 1 aromatic carbocycles. The average Bonchev–Trinajstić information content (AvgIpc) is 2.54. The summed E-state index contributed by atoms with van der Waals surface area (Å²) < 4.78 is 4.99. The van der Waals surface area contributed by atoms with Crippen molar-refractivity contribution in [3.8, 4) is 0 Å². The zero-order chi connectivity index (χ0) is 15.9. The maximum absolute atomic E-state index is 12.6. The van der Waals surface area contributed by atoms with Crippen molar-refractivity contribution in [1.82, 2.24) is 5.43 Å². The van der Waals surface area contributed by atoms with E-state index < -0.39 is 0 Å². The van der Waals surface area contributed by atoms with Gasteiger partial charge in [-0.3, -0.25) is 4.79 Å². The maximum atomic E-state index is 12.6. The molecule has 6 nitrogen and oxygen atoms in total. The van der Waals surface area contributed by atoms with E-state index >= 15 is 0 Å². The third-order valence-corrected chi connectivity index (χ3v) is 3.72. The molecule has 1 atom stereocenters. The first-order valence-corrected chi connectivity index (χ1v) is 7.61. The number of fused-ring (bicyclic) bond motifs is 1.